The highest BCUT2D eigenvalue weighted by Gasteiger charge is 2.04. The molecule has 0 spiro atoms. The number of benzene rings is 1. The second-order valence-electron chi connectivity index (χ2n) is 3.64. The highest BCUT2D eigenvalue weighted by molar-refractivity contribution is 5.55. The Balaban J connectivity index is 2.12. The van der Waals surface area contributed by atoms with Gasteiger partial charge in [0.15, 0.2) is 5.82 Å². The van der Waals surface area contributed by atoms with E-state index in [1.54, 1.807) is 18.1 Å². The smallest absolute Gasteiger partial charge is 0.181 e. The molecule has 0 saturated heterocycles. The molecule has 1 aromatic carbocycles. The largest absolute Gasteiger partial charge is 0.497 e. The molecule has 0 aliphatic rings. The van der Waals surface area contributed by atoms with Crippen molar-refractivity contribution in [1.29, 1.82) is 0 Å². The van der Waals surface area contributed by atoms with Gasteiger partial charge in [0.1, 0.15) is 12.1 Å². The van der Waals surface area contributed by atoms with Crippen molar-refractivity contribution in [3.8, 4) is 17.1 Å². The number of aliphatic hydroxyl groups excluding tert-OH is 1. The Morgan fingerprint density at radius 3 is 2.71 bits per heavy atom. The Labute approximate surface area is 99.7 Å². The van der Waals surface area contributed by atoms with Crippen molar-refractivity contribution in [1.82, 2.24) is 14.8 Å². The van der Waals surface area contributed by atoms with Crippen molar-refractivity contribution in [3.05, 3.63) is 30.6 Å². The summed E-state index contributed by atoms with van der Waals surface area (Å²) in [6, 6.07) is 7.60. The Morgan fingerprint density at radius 2 is 2.06 bits per heavy atom. The van der Waals surface area contributed by atoms with Crippen LogP contribution in [-0.2, 0) is 6.54 Å². The molecule has 0 unspecified atom stereocenters. The molecule has 0 atom stereocenters. The van der Waals surface area contributed by atoms with Crippen molar-refractivity contribution in [2.24, 2.45) is 0 Å². The summed E-state index contributed by atoms with van der Waals surface area (Å²) in [6.07, 6.45) is 2.36. The lowest BCUT2D eigenvalue weighted by Crippen LogP contribution is -2.00. The zero-order chi connectivity index (χ0) is 12.1. The maximum Gasteiger partial charge on any atom is 0.181 e. The SMILES string of the molecule is COc1ccc(-c2ncn(CCCO)n2)cc1. The van der Waals surface area contributed by atoms with E-state index in [9.17, 15) is 0 Å². The number of hydrogen-bond donors (Lipinski definition) is 1. The van der Waals surface area contributed by atoms with Crippen molar-refractivity contribution >= 4 is 0 Å². The number of nitrogens with zero attached hydrogens (tertiary/aromatic N) is 3. The normalized spacial score (nSPS) is 10.5. The number of rotatable bonds is 5. The number of aliphatic hydroxyl groups is 1. The molecule has 5 heteroatoms. The molecular formula is C12H15N3O2. The lowest BCUT2D eigenvalue weighted by Gasteiger charge is -2.00. The lowest BCUT2D eigenvalue weighted by atomic mass is 10.2. The first-order chi connectivity index (χ1) is 8.33. The van der Waals surface area contributed by atoms with E-state index in [1.165, 1.54) is 0 Å². The summed E-state index contributed by atoms with van der Waals surface area (Å²) >= 11 is 0. The van der Waals surface area contributed by atoms with E-state index in [1.807, 2.05) is 24.3 Å². The summed E-state index contributed by atoms with van der Waals surface area (Å²) in [5.41, 5.74) is 0.952. The molecule has 0 bridgehead atoms. The molecule has 0 aliphatic heterocycles. The monoisotopic (exact) mass is 233 g/mol. The number of aromatic nitrogens is 3. The second kappa shape index (κ2) is 5.45. The van der Waals surface area contributed by atoms with Gasteiger partial charge in [-0.15, -0.1) is 0 Å². The molecule has 0 amide bonds. The molecule has 1 aromatic heterocycles. The fourth-order valence-electron chi connectivity index (χ4n) is 1.51. The Bertz CT molecular complexity index is 465. The van der Waals surface area contributed by atoms with Crippen LogP contribution in [0.1, 0.15) is 6.42 Å². The summed E-state index contributed by atoms with van der Waals surface area (Å²) in [5, 5.41) is 13.1. The number of ether oxygens (including phenoxy) is 1. The molecule has 2 aromatic rings. The maximum absolute atomic E-state index is 8.73. The van der Waals surface area contributed by atoms with Gasteiger partial charge in [0, 0.05) is 18.7 Å². The van der Waals surface area contributed by atoms with Gasteiger partial charge < -0.3 is 9.84 Å². The van der Waals surface area contributed by atoms with E-state index < -0.39 is 0 Å². The highest BCUT2D eigenvalue weighted by atomic mass is 16.5. The van der Waals surface area contributed by atoms with Gasteiger partial charge in [-0.25, -0.2) is 4.98 Å². The van der Waals surface area contributed by atoms with Crippen LogP contribution in [0.2, 0.25) is 0 Å². The summed E-state index contributed by atoms with van der Waals surface area (Å²) in [6.45, 7) is 0.845. The predicted octanol–water partition coefficient (Wildman–Crippen LogP) is 1.34. The van der Waals surface area contributed by atoms with Crippen LogP contribution in [0.15, 0.2) is 30.6 Å². The molecule has 90 valence electrons. The fraction of sp³-hybridized carbons (Fsp3) is 0.333. The van der Waals surface area contributed by atoms with Gasteiger partial charge in [0.2, 0.25) is 0 Å². The molecule has 1 N–H and O–H groups in total. The minimum absolute atomic E-state index is 0.164. The number of aryl methyl sites for hydroxylation is 1. The maximum atomic E-state index is 8.73. The minimum atomic E-state index is 0.164. The third-order valence-corrected chi connectivity index (χ3v) is 2.43. The van der Waals surface area contributed by atoms with Gasteiger partial charge in [-0.05, 0) is 30.7 Å². The van der Waals surface area contributed by atoms with E-state index in [-0.39, 0.29) is 6.61 Å². The molecule has 0 radical (unpaired) electrons. The minimum Gasteiger partial charge on any atom is -0.497 e. The van der Waals surface area contributed by atoms with Crippen LogP contribution in [0.5, 0.6) is 5.75 Å². The van der Waals surface area contributed by atoms with E-state index in [0.717, 1.165) is 11.3 Å². The quantitative estimate of drug-likeness (QED) is 0.846. The molecule has 1 heterocycles. The van der Waals surface area contributed by atoms with Crippen LogP contribution < -0.4 is 4.74 Å². The van der Waals surface area contributed by atoms with Crippen molar-refractivity contribution in [2.45, 2.75) is 13.0 Å². The Hall–Kier alpha value is -1.88. The van der Waals surface area contributed by atoms with Crippen LogP contribution in [0, 0.1) is 0 Å². The van der Waals surface area contributed by atoms with Crippen molar-refractivity contribution in [2.75, 3.05) is 13.7 Å². The lowest BCUT2D eigenvalue weighted by molar-refractivity contribution is 0.277. The molecule has 0 fully saturated rings. The van der Waals surface area contributed by atoms with E-state index in [4.69, 9.17) is 9.84 Å². The van der Waals surface area contributed by atoms with Crippen molar-refractivity contribution in [3.63, 3.8) is 0 Å². The molecule has 0 saturated carbocycles. The zero-order valence-corrected chi connectivity index (χ0v) is 9.71. The molecule has 17 heavy (non-hydrogen) atoms. The average Bonchev–Trinajstić information content (AvgIpc) is 2.85. The average molecular weight is 233 g/mol. The van der Waals surface area contributed by atoms with Crippen LogP contribution in [0.4, 0.5) is 0 Å². The Kier molecular flexibility index (Phi) is 3.72. The van der Waals surface area contributed by atoms with Gasteiger partial charge in [0.05, 0.1) is 7.11 Å². The van der Waals surface area contributed by atoms with Crippen LogP contribution >= 0.6 is 0 Å². The predicted molar refractivity (Wildman–Crippen MR) is 63.7 cm³/mol. The molecule has 5 nitrogen and oxygen atoms in total. The first-order valence-corrected chi connectivity index (χ1v) is 5.48. The van der Waals surface area contributed by atoms with Gasteiger partial charge in [0.25, 0.3) is 0 Å². The van der Waals surface area contributed by atoms with E-state index in [0.29, 0.717) is 18.8 Å². The fourth-order valence-corrected chi connectivity index (χ4v) is 1.51. The molecule has 2 rings (SSSR count). The number of methoxy groups -OCH3 is 1. The first kappa shape index (κ1) is 11.6. The Morgan fingerprint density at radius 1 is 1.29 bits per heavy atom. The van der Waals surface area contributed by atoms with Crippen LogP contribution in [-0.4, -0.2) is 33.6 Å². The van der Waals surface area contributed by atoms with Gasteiger partial charge in [-0.2, -0.15) is 5.10 Å². The summed E-state index contributed by atoms with van der Waals surface area (Å²) in [5.74, 6) is 1.50. The summed E-state index contributed by atoms with van der Waals surface area (Å²) < 4.78 is 6.82. The van der Waals surface area contributed by atoms with Gasteiger partial charge >= 0.3 is 0 Å². The summed E-state index contributed by atoms with van der Waals surface area (Å²) in [7, 11) is 1.64. The second-order valence-corrected chi connectivity index (χ2v) is 3.64. The number of hydrogen-bond acceptors (Lipinski definition) is 4. The zero-order valence-electron chi connectivity index (χ0n) is 9.71. The van der Waals surface area contributed by atoms with Crippen LogP contribution in [0.3, 0.4) is 0 Å². The highest BCUT2D eigenvalue weighted by Crippen LogP contribution is 2.18. The third kappa shape index (κ3) is 2.82. The van der Waals surface area contributed by atoms with Crippen molar-refractivity contribution < 1.29 is 9.84 Å². The first-order valence-electron chi connectivity index (χ1n) is 5.48. The van der Waals surface area contributed by atoms with Gasteiger partial charge in [-0.3, -0.25) is 4.68 Å². The topological polar surface area (TPSA) is 60.2 Å². The molecule has 0 aliphatic carbocycles. The summed E-state index contributed by atoms with van der Waals surface area (Å²) in [4.78, 5) is 4.22. The van der Waals surface area contributed by atoms with E-state index in [2.05, 4.69) is 10.1 Å². The standard InChI is InChI=1S/C12H15N3O2/c1-17-11-5-3-10(4-6-11)12-13-9-15(14-12)7-2-8-16/h3-6,9,16H,2,7-8H2,1H3. The molecular weight excluding hydrogens is 218 g/mol. The third-order valence-electron chi connectivity index (χ3n) is 2.43. The van der Waals surface area contributed by atoms with Crippen LogP contribution in [0.25, 0.3) is 11.4 Å². The van der Waals surface area contributed by atoms with E-state index >= 15 is 0 Å². The van der Waals surface area contributed by atoms with Gasteiger partial charge in [-0.1, -0.05) is 0 Å².